The number of aliphatic carboxylic acids is 1. The molecule has 3 nitrogen and oxygen atoms in total. The van der Waals surface area contributed by atoms with Crippen molar-refractivity contribution in [3.8, 4) is 11.8 Å². The fourth-order valence-corrected chi connectivity index (χ4v) is 3.05. The van der Waals surface area contributed by atoms with Crippen LogP contribution in [0.5, 0.6) is 0 Å². The minimum atomic E-state index is -1.53. The van der Waals surface area contributed by atoms with Crippen LogP contribution < -0.4 is 0 Å². The van der Waals surface area contributed by atoms with Crippen molar-refractivity contribution in [1.82, 2.24) is 0 Å². The lowest BCUT2D eigenvalue weighted by atomic mass is 10.0. The molecule has 1 atom stereocenters. The van der Waals surface area contributed by atoms with Crippen LogP contribution >= 0.6 is 0 Å². The van der Waals surface area contributed by atoms with Gasteiger partial charge in [0.05, 0.1) is 0 Å². The molecule has 156 valence electrons. The van der Waals surface area contributed by atoms with Crippen LogP contribution in [0.2, 0.25) is 0 Å². The fraction of sp³-hybridized carbons (Fsp3) is 0.792. The monoisotopic (exact) mass is 378 g/mol. The van der Waals surface area contributed by atoms with Gasteiger partial charge in [-0.2, -0.15) is 0 Å². The maximum Gasteiger partial charge on any atom is 0.345 e. The molecular weight excluding hydrogens is 336 g/mol. The Labute approximate surface area is 167 Å². The number of hydrogen-bond acceptors (Lipinski definition) is 2. The lowest BCUT2D eigenvalue weighted by Gasteiger charge is -2.01. The van der Waals surface area contributed by atoms with E-state index in [-0.39, 0.29) is 0 Å². The van der Waals surface area contributed by atoms with E-state index >= 15 is 0 Å². The Morgan fingerprint density at radius 2 is 1.22 bits per heavy atom. The van der Waals surface area contributed by atoms with Gasteiger partial charge in [-0.1, -0.05) is 102 Å². The summed E-state index contributed by atoms with van der Waals surface area (Å²) in [4.78, 5) is 10.4. The van der Waals surface area contributed by atoms with Crippen molar-refractivity contribution in [2.24, 2.45) is 0 Å². The molecule has 0 aromatic heterocycles. The van der Waals surface area contributed by atoms with Crippen LogP contribution in [-0.4, -0.2) is 22.3 Å². The predicted molar refractivity (Wildman–Crippen MR) is 115 cm³/mol. The van der Waals surface area contributed by atoms with Gasteiger partial charge in [-0.15, -0.1) is 0 Å². The Bertz CT molecular complexity index is 417. The van der Waals surface area contributed by atoms with Gasteiger partial charge >= 0.3 is 5.97 Å². The van der Waals surface area contributed by atoms with Gasteiger partial charge in [0.25, 0.3) is 0 Å². The number of aliphatic hydroxyl groups is 1. The van der Waals surface area contributed by atoms with Crippen molar-refractivity contribution < 1.29 is 15.0 Å². The Hall–Kier alpha value is -1.27. The van der Waals surface area contributed by atoms with Crippen LogP contribution in [0, 0.1) is 11.8 Å². The van der Waals surface area contributed by atoms with Crippen molar-refractivity contribution in [2.45, 2.75) is 122 Å². The number of aliphatic hydroxyl groups excluding tert-OH is 1. The molecule has 0 aromatic carbocycles. The van der Waals surface area contributed by atoms with Gasteiger partial charge in [-0.05, 0) is 32.1 Å². The molecule has 2 N–H and O–H groups in total. The fourth-order valence-electron chi connectivity index (χ4n) is 3.05. The Kier molecular flexibility index (Phi) is 20.0. The van der Waals surface area contributed by atoms with Gasteiger partial charge in [0.1, 0.15) is 0 Å². The number of rotatable bonds is 18. The van der Waals surface area contributed by atoms with Crippen LogP contribution in [-0.2, 0) is 4.79 Å². The normalized spacial score (nSPS) is 12.1. The van der Waals surface area contributed by atoms with E-state index in [1.807, 2.05) is 0 Å². The van der Waals surface area contributed by atoms with Gasteiger partial charge in [0, 0.05) is 6.42 Å². The van der Waals surface area contributed by atoms with E-state index in [1.54, 1.807) is 0 Å². The molecule has 0 aliphatic heterocycles. The van der Waals surface area contributed by atoms with Gasteiger partial charge in [-0.3, -0.25) is 0 Å². The summed E-state index contributed by atoms with van der Waals surface area (Å²) in [5.41, 5.74) is 0. The Morgan fingerprint density at radius 3 is 1.70 bits per heavy atom. The molecular formula is C24H42O3. The lowest BCUT2D eigenvalue weighted by molar-refractivity contribution is -0.143. The van der Waals surface area contributed by atoms with E-state index in [9.17, 15) is 4.79 Å². The highest BCUT2D eigenvalue weighted by Gasteiger charge is 2.06. The van der Waals surface area contributed by atoms with E-state index < -0.39 is 12.1 Å². The molecule has 3 heteroatoms. The van der Waals surface area contributed by atoms with Gasteiger partial charge in [0.2, 0.25) is 6.10 Å². The second-order valence-electron chi connectivity index (χ2n) is 7.46. The largest absolute Gasteiger partial charge is 0.479 e. The smallest absolute Gasteiger partial charge is 0.345 e. The Balaban J connectivity index is 3.19. The van der Waals surface area contributed by atoms with Crippen molar-refractivity contribution in [2.75, 3.05) is 0 Å². The Morgan fingerprint density at radius 1 is 0.778 bits per heavy atom. The zero-order valence-corrected chi connectivity index (χ0v) is 17.6. The predicted octanol–water partition coefficient (Wildman–Crippen LogP) is 6.64. The second kappa shape index (κ2) is 21.0. The van der Waals surface area contributed by atoms with Gasteiger partial charge in [0.15, 0.2) is 0 Å². The minimum absolute atomic E-state index is 0.678. The van der Waals surface area contributed by atoms with E-state index in [1.165, 1.54) is 89.9 Å². The molecule has 0 aliphatic carbocycles. The third-order valence-corrected chi connectivity index (χ3v) is 4.79. The SMILES string of the molecule is CCCCCC/C=C\CCCCCCCCCCCCC#C[C@@H](O)C(=O)O. The quantitative estimate of drug-likeness (QED) is 0.160. The van der Waals surface area contributed by atoms with E-state index in [0.717, 1.165) is 12.8 Å². The van der Waals surface area contributed by atoms with E-state index in [0.29, 0.717) is 6.42 Å². The summed E-state index contributed by atoms with van der Waals surface area (Å²) < 4.78 is 0. The first-order valence-electron chi connectivity index (χ1n) is 11.2. The van der Waals surface area contributed by atoms with Crippen molar-refractivity contribution in [3.05, 3.63) is 12.2 Å². The van der Waals surface area contributed by atoms with Crippen LogP contribution in [0.4, 0.5) is 0 Å². The van der Waals surface area contributed by atoms with Crippen LogP contribution in [0.1, 0.15) is 116 Å². The summed E-state index contributed by atoms with van der Waals surface area (Å²) in [6, 6.07) is 0. The first-order chi connectivity index (χ1) is 13.2. The average molecular weight is 379 g/mol. The second-order valence-corrected chi connectivity index (χ2v) is 7.46. The number of allylic oxidation sites excluding steroid dienone is 2. The highest BCUT2D eigenvalue weighted by atomic mass is 16.4. The molecule has 0 bridgehead atoms. The number of carboxylic acids is 1. The summed E-state index contributed by atoms with van der Waals surface area (Å²) in [5.74, 6) is 3.81. The molecule has 0 heterocycles. The standard InChI is InChI=1S/C24H42O3/c1-2-3-4-5-6-7-8-9-10-11-12-13-14-15-16-17-18-19-20-21-22-23(25)24(26)27/h7-8,23,25H,2-6,9-20H2,1H3,(H,26,27)/b8-7-/t23-/m1/s1. The number of unbranched alkanes of at least 4 members (excludes halogenated alkanes) is 15. The number of hydrogen-bond donors (Lipinski definition) is 2. The van der Waals surface area contributed by atoms with Crippen LogP contribution in [0.15, 0.2) is 12.2 Å². The molecule has 27 heavy (non-hydrogen) atoms. The lowest BCUT2D eigenvalue weighted by Crippen LogP contribution is -2.16. The minimum Gasteiger partial charge on any atom is -0.479 e. The van der Waals surface area contributed by atoms with Crippen LogP contribution in [0.3, 0.4) is 0 Å². The first kappa shape index (κ1) is 25.7. The summed E-state index contributed by atoms with van der Waals surface area (Å²) in [7, 11) is 0. The third kappa shape index (κ3) is 20.9. The third-order valence-electron chi connectivity index (χ3n) is 4.79. The highest BCUT2D eigenvalue weighted by Crippen LogP contribution is 2.12. The molecule has 0 saturated carbocycles. The summed E-state index contributed by atoms with van der Waals surface area (Å²) in [6.45, 7) is 2.26. The van der Waals surface area contributed by atoms with E-state index in [4.69, 9.17) is 10.2 Å². The van der Waals surface area contributed by atoms with E-state index in [2.05, 4.69) is 30.9 Å². The topological polar surface area (TPSA) is 57.5 Å². The number of carbonyl (C=O) groups is 1. The molecule has 0 radical (unpaired) electrons. The summed E-state index contributed by atoms with van der Waals surface area (Å²) in [6.07, 6.45) is 24.6. The molecule has 0 aromatic rings. The van der Waals surface area contributed by atoms with Crippen molar-refractivity contribution in [1.29, 1.82) is 0 Å². The van der Waals surface area contributed by atoms with Crippen molar-refractivity contribution in [3.63, 3.8) is 0 Å². The first-order valence-corrected chi connectivity index (χ1v) is 11.2. The van der Waals surface area contributed by atoms with Gasteiger partial charge in [-0.25, -0.2) is 4.79 Å². The van der Waals surface area contributed by atoms with Gasteiger partial charge < -0.3 is 10.2 Å². The van der Waals surface area contributed by atoms with Crippen molar-refractivity contribution >= 4 is 5.97 Å². The molecule has 0 spiro atoms. The molecule has 0 saturated heterocycles. The maximum atomic E-state index is 10.4. The highest BCUT2D eigenvalue weighted by molar-refractivity contribution is 5.75. The maximum absolute atomic E-state index is 10.4. The molecule has 0 unspecified atom stereocenters. The molecule has 0 aliphatic rings. The van der Waals surface area contributed by atoms with Crippen LogP contribution in [0.25, 0.3) is 0 Å². The zero-order chi connectivity index (χ0) is 20.0. The number of carboxylic acid groups (broad SMARTS) is 1. The summed E-state index contributed by atoms with van der Waals surface area (Å²) in [5, 5.41) is 17.5. The molecule has 0 fully saturated rings. The zero-order valence-electron chi connectivity index (χ0n) is 17.6. The average Bonchev–Trinajstić information content (AvgIpc) is 2.66. The summed E-state index contributed by atoms with van der Waals surface area (Å²) >= 11 is 0. The molecule has 0 amide bonds. The molecule has 0 rings (SSSR count).